The van der Waals surface area contributed by atoms with Crippen LogP contribution in [0.3, 0.4) is 0 Å². The van der Waals surface area contributed by atoms with Crippen molar-refractivity contribution in [1.29, 1.82) is 0 Å². The summed E-state index contributed by atoms with van der Waals surface area (Å²) >= 11 is 0. The highest BCUT2D eigenvalue weighted by molar-refractivity contribution is 6.23. The molecule has 146 valence electrons. The maximum Gasteiger partial charge on any atom is 0.253 e. The molecule has 2 bridgehead atoms. The fraction of sp³-hybridized carbons (Fsp3) is 0.522. The van der Waals surface area contributed by atoms with Crippen LogP contribution >= 0.6 is 0 Å². The molecule has 3 fully saturated rings. The highest BCUT2D eigenvalue weighted by Crippen LogP contribution is 2.53. The summed E-state index contributed by atoms with van der Waals surface area (Å²) in [6, 6.07) is 7.32. The quantitative estimate of drug-likeness (QED) is 0.598. The second kappa shape index (κ2) is 6.57. The van der Waals surface area contributed by atoms with Crippen LogP contribution in [0.25, 0.3) is 0 Å². The van der Waals surface area contributed by atoms with Gasteiger partial charge in [-0.1, -0.05) is 37.5 Å². The summed E-state index contributed by atoms with van der Waals surface area (Å²) < 4.78 is 0. The van der Waals surface area contributed by atoms with Gasteiger partial charge in [0.05, 0.1) is 17.5 Å². The van der Waals surface area contributed by atoms with Gasteiger partial charge in [0.1, 0.15) is 0 Å². The first-order valence-corrected chi connectivity index (χ1v) is 10.5. The third-order valence-corrected chi connectivity index (χ3v) is 7.26. The Morgan fingerprint density at radius 1 is 1.00 bits per heavy atom. The molecule has 0 aromatic heterocycles. The van der Waals surface area contributed by atoms with Crippen molar-refractivity contribution in [2.45, 2.75) is 44.6 Å². The van der Waals surface area contributed by atoms with Gasteiger partial charge in [0.25, 0.3) is 5.91 Å². The Kier molecular flexibility index (Phi) is 4.14. The van der Waals surface area contributed by atoms with E-state index >= 15 is 0 Å². The predicted octanol–water partition coefficient (Wildman–Crippen LogP) is 3.40. The Morgan fingerprint density at radius 3 is 2.29 bits per heavy atom. The maximum atomic E-state index is 13.0. The fourth-order valence-corrected chi connectivity index (χ4v) is 5.77. The molecule has 5 nitrogen and oxygen atoms in total. The SMILES string of the molecule is CN(C(=O)c1cccc(N2C(=O)[C@@H]3[C@@H](C2=O)[C@H]2C=C[C@H]3C2)c1)C1CCCCC1. The number of nitrogens with zero attached hydrogens (tertiary/aromatic N) is 2. The molecule has 1 heterocycles. The number of anilines is 1. The lowest BCUT2D eigenvalue weighted by atomic mass is 9.85. The Hall–Kier alpha value is -2.43. The zero-order valence-corrected chi connectivity index (χ0v) is 16.2. The van der Waals surface area contributed by atoms with Crippen LogP contribution < -0.4 is 4.90 Å². The van der Waals surface area contributed by atoms with Gasteiger partial charge >= 0.3 is 0 Å². The molecule has 0 radical (unpaired) electrons. The van der Waals surface area contributed by atoms with Gasteiger partial charge in [-0.2, -0.15) is 0 Å². The molecule has 5 rings (SSSR count). The number of allylic oxidation sites excluding steroid dienone is 2. The van der Waals surface area contributed by atoms with Crippen LogP contribution in [0.4, 0.5) is 5.69 Å². The smallest absolute Gasteiger partial charge is 0.253 e. The molecule has 4 atom stereocenters. The van der Waals surface area contributed by atoms with Crippen molar-refractivity contribution in [3.63, 3.8) is 0 Å². The minimum Gasteiger partial charge on any atom is -0.339 e. The molecule has 0 N–H and O–H groups in total. The number of amides is 3. The summed E-state index contributed by atoms with van der Waals surface area (Å²) in [6.07, 6.45) is 10.8. The first kappa shape index (κ1) is 17.7. The topological polar surface area (TPSA) is 57.7 Å². The molecule has 0 spiro atoms. The van der Waals surface area contributed by atoms with Crippen molar-refractivity contribution < 1.29 is 14.4 Å². The minimum atomic E-state index is -0.216. The van der Waals surface area contributed by atoms with Crippen LogP contribution in [0.1, 0.15) is 48.9 Å². The number of carbonyl (C=O) groups excluding carboxylic acids is 3. The molecule has 1 aliphatic heterocycles. The van der Waals surface area contributed by atoms with E-state index in [9.17, 15) is 14.4 Å². The van der Waals surface area contributed by atoms with E-state index in [1.807, 2.05) is 11.9 Å². The Labute approximate surface area is 165 Å². The molecule has 1 aromatic rings. The molecule has 28 heavy (non-hydrogen) atoms. The van der Waals surface area contributed by atoms with E-state index in [1.54, 1.807) is 24.3 Å². The van der Waals surface area contributed by atoms with Gasteiger partial charge in [-0.3, -0.25) is 14.4 Å². The van der Waals surface area contributed by atoms with Gasteiger partial charge in [0, 0.05) is 18.7 Å². The largest absolute Gasteiger partial charge is 0.339 e. The van der Waals surface area contributed by atoms with Crippen LogP contribution in [0.5, 0.6) is 0 Å². The number of fused-ring (bicyclic) bond motifs is 5. The average Bonchev–Trinajstić information content (AvgIpc) is 3.41. The van der Waals surface area contributed by atoms with Gasteiger partial charge < -0.3 is 4.90 Å². The Bertz CT molecular complexity index is 840. The molecule has 3 amide bonds. The third-order valence-electron chi connectivity index (χ3n) is 7.26. The van der Waals surface area contributed by atoms with Crippen LogP contribution in [0, 0.1) is 23.7 Å². The number of rotatable bonds is 3. The summed E-state index contributed by atoms with van der Waals surface area (Å²) in [5.74, 6) is -0.278. The normalized spacial score (nSPS) is 31.5. The number of carbonyl (C=O) groups is 3. The third kappa shape index (κ3) is 2.55. The molecular formula is C23H26N2O3. The molecule has 2 saturated carbocycles. The van der Waals surface area contributed by atoms with Gasteiger partial charge in [0.2, 0.25) is 11.8 Å². The van der Waals surface area contributed by atoms with Gasteiger partial charge in [-0.05, 0) is 49.3 Å². The average molecular weight is 378 g/mol. The zero-order valence-electron chi connectivity index (χ0n) is 16.2. The monoisotopic (exact) mass is 378 g/mol. The second-order valence-corrected chi connectivity index (χ2v) is 8.77. The fourth-order valence-electron chi connectivity index (χ4n) is 5.77. The molecule has 1 saturated heterocycles. The van der Waals surface area contributed by atoms with Gasteiger partial charge in [-0.15, -0.1) is 0 Å². The van der Waals surface area contributed by atoms with E-state index < -0.39 is 0 Å². The van der Waals surface area contributed by atoms with E-state index in [1.165, 1.54) is 11.3 Å². The highest BCUT2D eigenvalue weighted by Gasteiger charge is 2.59. The lowest BCUT2D eigenvalue weighted by Gasteiger charge is -2.31. The first-order chi connectivity index (χ1) is 13.6. The molecule has 4 aliphatic rings. The summed E-state index contributed by atoms with van der Waals surface area (Å²) in [6.45, 7) is 0. The summed E-state index contributed by atoms with van der Waals surface area (Å²) in [5, 5.41) is 0. The van der Waals surface area contributed by atoms with Crippen LogP contribution in [-0.4, -0.2) is 35.7 Å². The maximum absolute atomic E-state index is 13.0. The molecule has 3 aliphatic carbocycles. The van der Waals surface area contributed by atoms with Crippen molar-refractivity contribution in [2.75, 3.05) is 11.9 Å². The van der Waals surface area contributed by atoms with Crippen LogP contribution in [0.2, 0.25) is 0 Å². The van der Waals surface area contributed by atoms with E-state index in [0.29, 0.717) is 11.3 Å². The zero-order chi connectivity index (χ0) is 19.4. The van der Waals surface area contributed by atoms with E-state index in [2.05, 4.69) is 12.2 Å². The van der Waals surface area contributed by atoms with Crippen LogP contribution in [-0.2, 0) is 9.59 Å². The number of benzene rings is 1. The number of hydrogen-bond donors (Lipinski definition) is 0. The van der Waals surface area contributed by atoms with Gasteiger partial charge in [-0.25, -0.2) is 4.90 Å². The van der Waals surface area contributed by atoms with Crippen molar-refractivity contribution >= 4 is 23.4 Å². The Morgan fingerprint density at radius 2 is 1.64 bits per heavy atom. The Balaban J connectivity index is 1.40. The van der Waals surface area contributed by atoms with E-state index in [-0.39, 0.29) is 47.4 Å². The molecular weight excluding hydrogens is 352 g/mol. The first-order valence-electron chi connectivity index (χ1n) is 10.5. The standard InChI is InChI=1S/C23H26N2O3/c1-24(17-7-3-2-4-8-17)21(26)16-6-5-9-18(13-16)25-22(27)19-14-10-11-15(12-14)20(19)23(25)28/h5-6,9-11,13-15,17,19-20H,2-4,7-8,12H2,1H3/t14-,15-,19-,20-/m0/s1. The number of hydrogen-bond acceptors (Lipinski definition) is 3. The van der Waals surface area contributed by atoms with Gasteiger partial charge in [0.15, 0.2) is 0 Å². The summed E-state index contributed by atoms with van der Waals surface area (Å²) in [5.41, 5.74) is 1.08. The lowest BCUT2D eigenvalue weighted by molar-refractivity contribution is -0.123. The van der Waals surface area contributed by atoms with Crippen molar-refractivity contribution in [3.8, 4) is 0 Å². The number of imide groups is 1. The predicted molar refractivity (Wildman–Crippen MR) is 106 cm³/mol. The molecule has 0 unspecified atom stereocenters. The highest BCUT2D eigenvalue weighted by atomic mass is 16.2. The summed E-state index contributed by atoms with van der Waals surface area (Å²) in [4.78, 5) is 42.2. The molecule has 5 heteroatoms. The van der Waals surface area contributed by atoms with Crippen molar-refractivity contribution in [2.24, 2.45) is 23.7 Å². The van der Waals surface area contributed by atoms with Crippen molar-refractivity contribution in [3.05, 3.63) is 42.0 Å². The lowest BCUT2D eigenvalue weighted by Crippen LogP contribution is -2.38. The summed E-state index contributed by atoms with van der Waals surface area (Å²) in [7, 11) is 1.87. The van der Waals surface area contributed by atoms with Crippen LogP contribution in [0.15, 0.2) is 36.4 Å². The van der Waals surface area contributed by atoms with E-state index in [4.69, 9.17) is 0 Å². The van der Waals surface area contributed by atoms with Crippen molar-refractivity contribution in [1.82, 2.24) is 4.90 Å². The molecule has 1 aromatic carbocycles. The van der Waals surface area contributed by atoms with E-state index in [0.717, 1.165) is 32.1 Å². The minimum absolute atomic E-state index is 0.0326. The second-order valence-electron chi connectivity index (χ2n) is 8.77.